The number of nitrogen functional groups attached to an aromatic ring is 2. The van der Waals surface area contributed by atoms with Crippen molar-refractivity contribution in [3.8, 4) is 0 Å². The number of aryl methyl sites for hydroxylation is 1. The van der Waals surface area contributed by atoms with Gasteiger partial charge in [0.1, 0.15) is 5.02 Å². The third-order valence-electron chi connectivity index (χ3n) is 2.49. The Morgan fingerprint density at radius 3 is 2.79 bits per heavy atom. The number of hydrogen-bond donors (Lipinski definition) is 3. The lowest BCUT2D eigenvalue weighted by atomic mass is 10.2. The van der Waals surface area contributed by atoms with Gasteiger partial charge in [-0.1, -0.05) is 16.8 Å². The number of nitrogens with one attached hydrogen (secondary N) is 1. The van der Waals surface area contributed by atoms with E-state index in [1.165, 1.54) is 6.07 Å². The fourth-order valence-electron chi connectivity index (χ4n) is 1.59. The van der Waals surface area contributed by atoms with Gasteiger partial charge in [-0.05, 0) is 6.07 Å². The molecule has 0 saturated carbocycles. The van der Waals surface area contributed by atoms with Gasteiger partial charge in [-0.3, -0.25) is 0 Å². The van der Waals surface area contributed by atoms with Crippen molar-refractivity contribution in [2.75, 3.05) is 23.3 Å². The van der Waals surface area contributed by atoms with Crippen LogP contribution in [0.15, 0.2) is 10.6 Å². The topological polar surface area (TPSA) is 103 Å². The average molecular weight is 286 g/mol. The second-order valence-corrected chi connectivity index (χ2v) is 4.34. The minimum atomic E-state index is -0.663. The van der Waals surface area contributed by atoms with Gasteiger partial charge < -0.3 is 21.3 Å². The van der Waals surface area contributed by atoms with E-state index in [4.69, 9.17) is 27.6 Å². The third kappa shape index (κ3) is 2.87. The zero-order chi connectivity index (χ0) is 14.0. The number of benzene rings is 1. The predicted octanol–water partition coefficient (Wildman–Crippen LogP) is 1.99. The lowest BCUT2D eigenvalue weighted by molar-refractivity contribution is 0.387. The molecule has 19 heavy (non-hydrogen) atoms. The van der Waals surface area contributed by atoms with Crippen LogP contribution in [0.2, 0.25) is 5.02 Å². The Hall–Kier alpha value is -2.02. The number of nitrogens with two attached hydrogens (primary N) is 2. The van der Waals surface area contributed by atoms with Gasteiger partial charge in [-0.2, -0.15) is 4.98 Å². The summed E-state index contributed by atoms with van der Waals surface area (Å²) in [6, 6.07) is 1.41. The third-order valence-corrected chi connectivity index (χ3v) is 2.87. The summed E-state index contributed by atoms with van der Waals surface area (Å²) in [4.78, 5) is 4.03. The molecule has 8 heteroatoms. The van der Waals surface area contributed by atoms with E-state index in [0.717, 1.165) is 0 Å². The summed E-state index contributed by atoms with van der Waals surface area (Å²) in [5.74, 6) is 0.352. The first kappa shape index (κ1) is 13.4. The molecule has 0 radical (unpaired) electrons. The van der Waals surface area contributed by atoms with Gasteiger partial charge in [0.2, 0.25) is 5.89 Å². The molecule has 0 aliphatic heterocycles. The molecule has 0 aliphatic rings. The molecule has 102 valence electrons. The SMILES string of the molecule is Cc1nc(CCNc2c(N)cc(N)c(Cl)c2F)no1. The van der Waals surface area contributed by atoms with Crippen molar-refractivity contribution in [2.24, 2.45) is 0 Å². The van der Waals surface area contributed by atoms with Gasteiger partial charge in [-0.25, -0.2) is 4.39 Å². The van der Waals surface area contributed by atoms with E-state index in [2.05, 4.69) is 15.5 Å². The quantitative estimate of drug-likeness (QED) is 0.742. The van der Waals surface area contributed by atoms with Gasteiger partial charge in [-0.15, -0.1) is 0 Å². The van der Waals surface area contributed by atoms with E-state index < -0.39 is 5.82 Å². The first-order valence-corrected chi connectivity index (χ1v) is 5.93. The van der Waals surface area contributed by atoms with Crippen molar-refractivity contribution in [1.82, 2.24) is 10.1 Å². The summed E-state index contributed by atoms with van der Waals surface area (Å²) in [5.41, 5.74) is 11.6. The minimum absolute atomic E-state index is 0.107. The highest BCUT2D eigenvalue weighted by Crippen LogP contribution is 2.33. The molecule has 0 fully saturated rings. The first-order valence-electron chi connectivity index (χ1n) is 5.55. The van der Waals surface area contributed by atoms with Crippen LogP contribution in [0.5, 0.6) is 0 Å². The Kier molecular flexibility index (Phi) is 3.75. The second kappa shape index (κ2) is 5.31. The lowest BCUT2D eigenvalue weighted by Gasteiger charge is -2.12. The van der Waals surface area contributed by atoms with Gasteiger partial charge >= 0.3 is 0 Å². The molecular weight excluding hydrogens is 273 g/mol. The molecular formula is C11H13ClFN5O. The van der Waals surface area contributed by atoms with Gasteiger partial charge in [0, 0.05) is 19.9 Å². The Labute approximate surface area is 113 Å². The van der Waals surface area contributed by atoms with E-state index in [-0.39, 0.29) is 22.1 Å². The number of nitrogens with zero attached hydrogens (tertiary/aromatic N) is 2. The smallest absolute Gasteiger partial charge is 0.223 e. The van der Waals surface area contributed by atoms with E-state index in [9.17, 15) is 4.39 Å². The molecule has 5 N–H and O–H groups in total. The Morgan fingerprint density at radius 1 is 1.42 bits per heavy atom. The number of rotatable bonds is 4. The van der Waals surface area contributed by atoms with Crippen molar-refractivity contribution >= 4 is 28.7 Å². The molecule has 0 aliphatic carbocycles. The normalized spacial score (nSPS) is 10.7. The van der Waals surface area contributed by atoms with Crippen LogP contribution in [0.3, 0.4) is 0 Å². The van der Waals surface area contributed by atoms with E-state index >= 15 is 0 Å². The summed E-state index contributed by atoms with van der Waals surface area (Å²) < 4.78 is 18.7. The molecule has 0 saturated heterocycles. The van der Waals surface area contributed by atoms with Crippen molar-refractivity contribution in [3.05, 3.63) is 28.6 Å². The molecule has 0 amide bonds. The summed E-state index contributed by atoms with van der Waals surface area (Å²) in [5, 5.41) is 6.43. The van der Waals surface area contributed by atoms with Gasteiger partial charge in [0.05, 0.1) is 17.1 Å². The zero-order valence-corrected chi connectivity index (χ0v) is 11.0. The van der Waals surface area contributed by atoms with Crippen LogP contribution in [-0.4, -0.2) is 16.7 Å². The van der Waals surface area contributed by atoms with Crippen LogP contribution in [-0.2, 0) is 6.42 Å². The van der Waals surface area contributed by atoms with Gasteiger partial charge in [0.25, 0.3) is 0 Å². The summed E-state index contributed by atoms with van der Waals surface area (Å²) in [6.45, 7) is 2.08. The van der Waals surface area contributed by atoms with E-state index in [1.54, 1.807) is 6.92 Å². The Balaban J connectivity index is 2.05. The molecule has 0 unspecified atom stereocenters. The largest absolute Gasteiger partial charge is 0.397 e. The maximum Gasteiger partial charge on any atom is 0.223 e. The molecule has 6 nitrogen and oxygen atoms in total. The van der Waals surface area contributed by atoms with Crippen LogP contribution in [0.4, 0.5) is 21.5 Å². The van der Waals surface area contributed by atoms with Crippen LogP contribution in [0.25, 0.3) is 0 Å². The van der Waals surface area contributed by atoms with Crippen LogP contribution in [0, 0.1) is 12.7 Å². The van der Waals surface area contributed by atoms with Crippen molar-refractivity contribution < 1.29 is 8.91 Å². The van der Waals surface area contributed by atoms with Crippen molar-refractivity contribution in [2.45, 2.75) is 13.3 Å². The number of aromatic nitrogens is 2. The van der Waals surface area contributed by atoms with Crippen LogP contribution >= 0.6 is 11.6 Å². The molecule has 2 rings (SSSR count). The highest BCUT2D eigenvalue weighted by molar-refractivity contribution is 6.33. The Bertz CT molecular complexity index is 601. The summed E-state index contributed by atoms with van der Waals surface area (Å²) in [6.07, 6.45) is 0.470. The zero-order valence-electron chi connectivity index (χ0n) is 10.2. The van der Waals surface area contributed by atoms with E-state index in [0.29, 0.717) is 24.7 Å². The molecule has 1 aromatic heterocycles. The van der Waals surface area contributed by atoms with Gasteiger partial charge in [0.15, 0.2) is 11.6 Å². The lowest BCUT2D eigenvalue weighted by Crippen LogP contribution is -2.10. The van der Waals surface area contributed by atoms with Crippen LogP contribution in [0.1, 0.15) is 11.7 Å². The summed E-state index contributed by atoms with van der Waals surface area (Å²) in [7, 11) is 0. The minimum Gasteiger partial charge on any atom is -0.397 e. The highest BCUT2D eigenvalue weighted by atomic mass is 35.5. The molecule has 0 atom stereocenters. The number of hydrogen-bond acceptors (Lipinski definition) is 6. The predicted molar refractivity (Wildman–Crippen MR) is 71.5 cm³/mol. The molecule has 2 aromatic rings. The maximum atomic E-state index is 13.8. The first-order chi connectivity index (χ1) is 8.99. The fourth-order valence-corrected chi connectivity index (χ4v) is 1.74. The van der Waals surface area contributed by atoms with E-state index in [1.807, 2.05) is 0 Å². The van der Waals surface area contributed by atoms with Crippen molar-refractivity contribution in [3.63, 3.8) is 0 Å². The Morgan fingerprint density at radius 2 is 2.16 bits per heavy atom. The maximum absolute atomic E-state index is 13.8. The summed E-state index contributed by atoms with van der Waals surface area (Å²) >= 11 is 5.72. The molecule has 1 heterocycles. The molecule has 1 aromatic carbocycles. The van der Waals surface area contributed by atoms with Crippen LogP contribution < -0.4 is 16.8 Å². The molecule has 0 spiro atoms. The standard InChI is InChI=1S/C11H13ClFN5O/c1-5-17-8(18-19-5)2-3-16-11-7(15)4-6(14)9(12)10(11)13/h4,16H,2-3,14-15H2,1H3. The number of anilines is 3. The average Bonchev–Trinajstić information content (AvgIpc) is 2.77. The highest BCUT2D eigenvalue weighted by Gasteiger charge is 2.14. The molecule has 0 bridgehead atoms. The number of halogens is 2. The fraction of sp³-hybridized carbons (Fsp3) is 0.273. The monoisotopic (exact) mass is 285 g/mol. The second-order valence-electron chi connectivity index (χ2n) is 3.96. The van der Waals surface area contributed by atoms with Crippen molar-refractivity contribution in [1.29, 1.82) is 0 Å².